The molecule has 1 fully saturated rings. The van der Waals surface area contributed by atoms with Crippen LogP contribution in [0.4, 0.5) is 11.8 Å². The Hall–Kier alpha value is -1.40. The van der Waals surface area contributed by atoms with Gasteiger partial charge in [-0.2, -0.15) is 4.98 Å². The molecule has 0 amide bonds. The van der Waals surface area contributed by atoms with Gasteiger partial charge < -0.3 is 4.90 Å². The SMILES string of the molecule is CCc1cc2c(N3C(C)CCC3CC)nc(NN)nc2s1. The third-order valence-corrected chi connectivity index (χ3v) is 5.58. The number of aromatic nitrogens is 2. The topological polar surface area (TPSA) is 67.1 Å². The van der Waals surface area contributed by atoms with E-state index >= 15 is 0 Å². The minimum atomic E-state index is 0.510. The standard InChI is InChI=1S/C15H23N5S/c1-4-10-7-6-9(3)20(10)13-12-8-11(5-2)21-14(12)18-15(17-13)19-16/h8-10H,4-7,16H2,1-3H3,(H,17,18,19). The smallest absolute Gasteiger partial charge is 0.240 e. The highest BCUT2D eigenvalue weighted by Crippen LogP contribution is 2.38. The van der Waals surface area contributed by atoms with Crippen LogP contribution in [0.15, 0.2) is 6.07 Å². The molecule has 1 aliphatic rings. The molecule has 3 rings (SSSR count). The zero-order chi connectivity index (χ0) is 15.0. The van der Waals surface area contributed by atoms with Crippen LogP contribution in [0.3, 0.4) is 0 Å². The maximum absolute atomic E-state index is 5.56. The molecule has 2 aromatic rings. The summed E-state index contributed by atoms with van der Waals surface area (Å²) in [5.74, 6) is 7.11. The fourth-order valence-electron chi connectivity index (χ4n) is 3.25. The van der Waals surface area contributed by atoms with Crippen molar-refractivity contribution in [1.82, 2.24) is 9.97 Å². The second-order valence-corrected chi connectivity index (χ2v) is 6.81. The highest BCUT2D eigenvalue weighted by atomic mass is 32.1. The number of fused-ring (bicyclic) bond motifs is 1. The summed E-state index contributed by atoms with van der Waals surface area (Å²) in [5, 5.41) is 1.17. The third-order valence-electron chi connectivity index (χ3n) is 4.40. The number of rotatable bonds is 4. The summed E-state index contributed by atoms with van der Waals surface area (Å²) in [6, 6.07) is 3.32. The first kappa shape index (κ1) is 14.5. The van der Waals surface area contributed by atoms with Crippen molar-refractivity contribution >= 4 is 33.3 Å². The number of aryl methyl sites for hydroxylation is 1. The maximum atomic E-state index is 5.56. The number of anilines is 2. The molecule has 2 unspecified atom stereocenters. The third kappa shape index (κ3) is 2.46. The first-order valence-electron chi connectivity index (χ1n) is 7.73. The minimum Gasteiger partial charge on any atom is -0.350 e. The lowest BCUT2D eigenvalue weighted by Crippen LogP contribution is -2.35. The molecule has 1 saturated heterocycles. The predicted molar refractivity (Wildman–Crippen MR) is 89.9 cm³/mol. The lowest BCUT2D eigenvalue weighted by molar-refractivity contribution is 0.623. The number of thiophene rings is 1. The van der Waals surface area contributed by atoms with E-state index < -0.39 is 0 Å². The van der Waals surface area contributed by atoms with Gasteiger partial charge in [0.1, 0.15) is 10.6 Å². The van der Waals surface area contributed by atoms with E-state index in [1.807, 2.05) is 0 Å². The van der Waals surface area contributed by atoms with Crippen LogP contribution in [0.2, 0.25) is 0 Å². The Labute approximate surface area is 129 Å². The van der Waals surface area contributed by atoms with Gasteiger partial charge >= 0.3 is 0 Å². The molecule has 3 heterocycles. The second kappa shape index (κ2) is 5.77. The molecule has 1 aliphatic heterocycles. The molecule has 0 bridgehead atoms. The molecule has 5 nitrogen and oxygen atoms in total. The quantitative estimate of drug-likeness (QED) is 0.670. The summed E-state index contributed by atoms with van der Waals surface area (Å²) in [6.07, 6.45) is 4.63. The van der Waals surface area contributed by atoms with Crippen LogP contribution in [-0.2, 0) is 6.42 Å². The molecule has 0 saturated carbocycles. The first-order valence-corrected chi connectivity index (χ1v) is 8.55. The van der Waals surface area contributed by atoms with Gasteiger partial charge in [0.2, 0.25) is 5.95 Å². The molecule has 0 aromatic carbocycles. The first-order chi connectivity index (χ1) is 10.2. The summed E-state index contributed by atoms with van der Waals surface area (Å²) in [4.78, 5) is 14.0. The molecule has 6 heteroatoms. The molecule has 3 N–H and O–H groups in total. The van der Waals surface area contributed by atoms with Gasteiger partial charge in [0.15, 0.2) is 0 Å². The molecule has 114 valence electrons. The van der Waals surface area contributed by atoms with Gasteiger partial charge in [0.05, 0.1) is 5.39 Å². The summed E-state index contributed by atoms with van der Waals surface area (Å²) < 4.78 is 0. The van der Waals surface area contributed by atoms with Gasteiger partial charge in [-0.3, -0.25) is 5.43 Å². The fraction of sp³-hybridized carbons (Fsp3) is 0.600. The molecular formula is C15H23N5S. The Bertz CT molecular complexity index is 638. The molecule has 2 atom stereocenters. The van der Waals surface area contributed by atoms with Gasteiger partial charge in [-0.1, -0.05) is 13.8 Å². The van der Waals surface area contributed by atoms with Crippen LogP contribution in [0.5, 0.6) is 0 Å². The van der Waals surface area contributed by atoms with E-state index in [9.17, 15) is 0 Å². The van der Waals surface area contributed by atoms with E-state index in [1.54, 1.807) is 11.3 Å². The number of hydrogen-bond acceptors (Lipinski definition) is 6. The lowest BCUT2D eigenvalue weighted by Gasteiger charge is -2.29. The number of hydrazine groups is 1. The number of nitrogens with two attached hydrogens (primary N) is 1. The summed E-state index contributed by atoms with van der Waals surface area (Å²) in [7, 11) is 0. The van der Waals surface area contributed by atoms with Gasteiger partial charge in [-0.05, 0) is 38.7 Å². The highest BCUT2D eigenvalue weighted by molar-refractivity contribution is 7.18. The van der Waals surface area contributed by atoms with Crippen molar-refractivity contribution in [2.75, 3.05) is 10.3 Å². The largest absolute Gasteiger partial charge is 0.350 e. The van der Waals surface area contributed by atoms with Crippen molar-refractivity contribution in [1.29, 1.82) is 0 Å². The Morgan fingerprint density at radius 3 is 2.86 bits per heavy atom. The Balaban J connectivity index is 2.17. The Morgan fingerprint density at radius 2 is 2.19 bits per heavy atom. The van der Waals surface area contributed by atoms with Crippen molar-refractivity contribution < 1.29 is 0 Å². The van der Waals surface area contributed by atoms with E-state index in [4.69, 9.17) is 5.84 Å². The Morgan fingerprint density at radius 1 is 1.38 bits per heavy atom. The van der Waals surface area contributed by atoms with Crippen molar-refractivity contribution in [2.24, 2.45) is 5.84 Å². The summed E-state index contributed by atoms with van der Waals surface area (Å²) >= 11 is 1.74. The van der Waals surface area contributed by atoms with E-state index in [1.165, 1.54) is 23.1 Å². The molecule has 0 spiro atoms. The van der Waals surface area contributed by atoms with Gasteiger partial charge in [0, 0.05) is 17.0 Å². The highest BCUT2D eigenvalue weighted by Gasteiger charge is 2.32. The molecule has 0 aliphatic carbocycles. The van der Waals surface area contributed by atoms with Crippen LogP contribution in [-0.4, -0.2) is 22.1 Å². The fourth-order valence-corrected chi connectivity index (χ4v) is 4.21. The average Bonchev–Trinajstić information content (AvgIpc) is 3.08. The molecular weight excluding hydrogens is 282 g/mol. The predicted octanol–water partition coefficient (Wildman–Crippen LogP) is 3.31. The van der Waals surface area contributed by atoms with E-state index in [0.717, 1.165) is 23.5 Å². The number of nitrogens with zero attached hydrogens (tertiary/aromatic N) is 3. The summed E-state index contributed by atoms with van der Waals surface area (Å²) in [5.41, 5.74) is 2.62. The van der Waals surface area contributed by atoms with E-state index in [-0.39, 0.29) is 0 Å². The van der Waals surface area contributed by atoms with Crippen LogP contribution in [0.1, 0.15) is 44.9 Å². The monoisotopic (exact) mass is 305 g/mol. The Kier molecular flexibility index (Phi) is 3.99. The second-order valence-electron chi connectivity index (χ2n) is 5.70. The van der Waals surface area contributed by atoms with Gasteiger partial charge in [-0.15, -0.1) is 11.3 Å². The molecule has 0 radical (unpaired) electrons. The normalized spacial score (nSPS) is 22.2. The van der Waals surface area contributed by atoms with Crippen molar-refractivity contribution in [3.05, 3.63) is 10.9 Å². The van der Waals surface area contributed by atoms with E-state index in [2.05, 4.69) is 47.1 Å². The maximum Gasteiger partial charge on any atom is 0.240 e. The minimum absolute atomic E-state index is 0.510. The number of nitrogen functional groups attached to an aromatic ring is 1. The summed E-state index contributed by atoms with van der Waals surface area (Å²) in [6.45, 7) is 6.71. The lowest BCUT2D eigenvalue weighted by atomic mass is 10.1. The van der Waals surface area contributed by atoms with Crippen molar-refractivity contribution in [3.63, 3.8) is 0 Å². The molecule has 2 aromatic heterocycles. The van der Waals surface area contributed by atoms with Gasteiger partial charge in [-0.25, -0.2) is 10.8 Å². The average molecular weight is 305 g/mol. The number of hydrogen-bond donors (Lipinski definition) is 2. The van der Waals surface area contributed by atoms with Crippen molar-refractivity contribution in [2.45, 2.75) is 58.5 Å². The zero-order valence-electron chi connectivity index (χ0n) is 12.9. The van der Waals surface area contributed by atoms with Crippen LogP contribution >= 0.6 is 11.3 Å². The van der Waals surface area contributed by atoms with Crippen LogP contribution in [0, 0.1) is 0 Å². The molecule has 21 heavy (non-hydrogen) atoms. The van der Waals surface area contributed by atoms with Gasteiger partial charge in [0.25, 0.3) is 0 Å². The van der Waals surface area contributed by atoms with Crippen LogP contribution in [0.25, 0.3) is 10.2 Å². The van der Waals surface area contributed by atoms with E-state index in [0.29, 0.717) is 18.0 Å². The zero-order valence-corrected chi connectivity index (χ0v) is 13.7. The number of nitrogens with one attached hydrogen (secondary N) is 1. The van der Waals surface area contributed by atoms with Crippen molar-refractivity contribution in [3.8, 4) is 0 Å². The van der Waals surface area contributed by atoms with Crippen LogP contribution < -0.4 is 16.2 Å².